The molecule has 1 heterocycles. The van der Waals surface area contributed by atoms with E-state index in [-0.39, 0.29) is 12.5 Å². The minimum Gasteiger partial charge on any atom is -0.496 e. The highest BCUT2D eigenvalue weighted by Crippen LogP contribution is 2.19. The molecule has 0 spiro atoms. The Labute approximate surface area is 117 Å². The molecule has 1 aromatic carbocycles. The number of alkyl carbamates (subject to hydrolysis) is 1. The number of ether oxygens (including phenoxy) is 2. The normalized spacial score (nSPS) is 17.3. The number of hydrogen-bond donors (Lipinski definition) is 2. The number of methoxy groups -OCH3 is 1. The third kappa shape index (κ3) is 3.40. The minimum atomic E-state index is -0.734. The highest BCUT2D eigenvalue weighted by molar-refractivity contribution is 5.86. The van der Waals surface area contributed by atoms with Crippen LogP contribution in [0.1, 0.15) is 11.1 Å². The Balaban J connectivity index is 1.85. The van der Waals surface area contributed by atoms with Gasteiger partial charge in [-0.15, -0.1) is 0 Å². The van der Waals surface area contributed by atoms with Crippen LogP contribution in [-0.2, 0) is 16.0 Å². The molecule has 0 bridgehead atoms. The molecule has 6 heteroatoms. The Hall–Kier alpha value is -2.24. The van der Waals surface area contributed by atoms with E-state index in [1.165, 1.54) is 0 Å². The molecule has 2 N–H and O–H groups in total. The van der Waals surface area contributed by atoms with Crippen molar-refractivity contribution in [2.24, 2.45) is 0 Å². The highest BCUT2D eigenvalue weighted by Gasteiger charge is 2.28. The molecule has 2 amide bonds. The second-order valence-corrected chi connectivity index (χ2v) is 4.63. The van der Waals surface area contributed by atoms with E-state index < -0.39 is 12.2 Å². The lowest BCUT2D eigenvalue weighted by molar-refractivity contribution is -0.127. The van der Waals surface area contributed by atoms with Gasteiger partial charge in [-0.3, -0.25) is 4.79 Å². The molecule has 0 radical (unpaired) electrons. The predicted octanol–water partition coefficient (Wildman–Crippen LogP) is 0.771. The molecule has 1 aliphatic heterocycles. The average Bonchev–Trinajstić information content (AvgIpc) is 2.86. The van der Waals surface area contributed by atoms with Crippen molar-refractivity contribution in [3.8, 4) is 5.75 Å². The van der Waals surface area contributed by atoms with E-state index in [2.05, 4.69) is 10.6 Å². The van der Waals surface area contributed by atoms with Crippen LogP contribution in [-0.4, -0.2) is 38.3 Å². The van der Waals surface area contributed by atoms with Gasteiger partial charge in [-0.05, 0) is 25.0 Å². The number of nitrogens with one attached hydrogen (secondary N) is 2. The zero-order valence-corrected chi connectivity index (χ0v) is 11.6. The molecule has 6 nitrogen and oxygen atoms in total. The lowest BCUT2D eigenvalue weighted by atomic mass is 10.1. The maximum atomic E-state index is 11.7. The van der Waals surface area contributed by atoms with Crippen LogP contribution in [0.3, 0.4) is 0 Å². The van der Waals surface area contributed by atoms with E-state index in [1.807, 2.05) is 25.1 Å². The Morgan fingerprint density at radius 2 is 2.35 bits per heavy atom. The van der Waals surface area contributed by atoms with E-state index >= 15 is 0 Å². The van der Waals surface area contributed by atoms with Crippen LogP contribution in [0.25, 0.3) is 0 Å². The summed E-state index contributed by atoms with van der Waals surface area (Å²) in [6.07, 6.45) is -0.627. The fourth-order valence-corrected chi connectivity index (χ4v) is 2.07. The quantitative estimate of drug-likeness (QED) is 0.834. The van der Waals surface area contributed by atoms with Crippen molar-refractivity contribution >= 4 is 12.0 Å². The van der Waals surface area contributed by atoms with Crippen molar-refractivity contribution in [1.82, 2.24) is 10.6 Å². The van der Waals surface area contributed by atoms with Crippen molar-refractivity contribution in [1.29, 1.82) is 0 Å². The monoisotopic (exact) mass is 278 g/mol. The van der Waals surface area contributed by atoms with Crippen LogP contribution >= 0.6 is 0 Å². The lowest BCUT2D eigenvalue weighted by Gasteiger charge is -2.11. The molecular weight excluding hydrogens is 260 g/mol. The van der Waals surface area contributed by atoms with Crippen LogP contribution < -0.4 is 15.4 Å². The number of amides is 2. The molecule has 2 rings (SSSR count). The van der Waals surface area contributed by atoms with Gasteiger partial charge in [0.25, 0.3) is 5.91 Å². The van der Waals surface area contributed by atoms with Crippen LogP contribution in [0.15, 0.2) is 18.2 Å². The molecule has 0 aromatic heterocycles. The second-order valence-electron chi connectivity index (χ2n) is 4.63. The summed E-state index contributed by atoms with van der Waals surface area (Å²) in [4.78, 5) is 22.6. The summed E-state index contributed by atoms with van der Waals surface area (Å²) in [5.41, 5.74) is 2.18. The highest BCUT2D eigenvalue weighted by atomic mass is 16.6. The van der Waals surface area contributed by atoms with Crippen molar-refractivity contribution < 1.29 is 19.1 Å². The zero-order chi connectivity index (χ0) is 14.5. The van der Waals surface area contributed by atoms with Gasteiger partial charge in [0.1, 0.15) is 5.75 Å². The first-order valence-electron chi connectivity index (χ1n) is 6.46. The van der Waals surface area contributed by atoms with Crippen molar-refractivity contribution in [2.75, 3.05) is 20.2 Å². The fraction of sp³-hybridized carbons (Fsp3) is 0.429. The molecule has 1 fully saturated rings. The van der Waals surface area contributed by atoms with E-state index in [9.17, 15) is 9.59 Å². The summed E-state index contributed by atoms with van der Waals surface area (Å²) in [5.74, 6) is 0.522. The number of aryl methyl sites for hydroxylation is 1. The van der Waals surface area contributed by atoms with Gasteiger partial charge in [0, 0.05) is 6.54 Å². The van der Waals surface area contributed by atoms with Crippen molar-refractivity contribution in [3.05, 3.63) is 29.3 Å². The van der Waals surface area contributed by atoms with Crippen LogP contribution in [0.2, 0.25) is 0 Å². The maximum absolute atomic E-state index is 11.7. The number of carbonyl (C=O) groups is 2. The molecule has 1 aliphatic rings. The molecule has 0 saturated carbocycles. The average molecular weight is 278 g/mol. The smallest absolute Gasteiger partial charge is 0.408 e. The molecule has 20 heavy (non-hydrogen) atoms. The van der Waals surface area contributed by atoms with Crippen LogP contribution in [0.5, 0.6) is 5.75 Å². The standard InChI is InChI=1S/C14H18N2O4/c1-9-3-4-11(19-2)10(7-9)5-6-15-13(17)12-8-16-14(18)20-12/h3-4,7,12H,5-6,8H2,1-2H3,(H,15,17)(H,16,18)/t12-/m0/s1. The largest absolute Gasteiger partial charge is 0.496 e. The topological polar surface area (TPSA) is 76.7 Å². The summed E-state index contributed by atoms with van der Waals surface area (Å²) < 4.78 is 10.1. The third-order valence-electron chi connectivity index (χ3n) is 3.10. The Morgan fingerprint density at radius 1 is 1.55 bits per heavy atom. The number of benzene rings is 1. The Kier molecular flexibility index (Phi) is 4.45. The summed E-state index contributed by atoms with van der Waals surface area (Å²) >= 11 is 0. The molecule has 0 unspecified atom stereocenters. The number of cyclic esters (lactones) is 1. The number of carbonyl (C=O) groups excluding carboxylic acids is 2. The number of rotatable bonds is 5. The van der Waals surface area contributed by atoms with Crippen molar-refractivity contribution in [3.63, 3.8) is 0 Å². The molecule has 1 atom stereocenters. The first-order valence-corrected chi connectivity index (χ1v) is 6.46. The van der Waals surface area contributed by atoms with Gasteiger partial charge < -0.3 is 20.1 Å². The summed E-state index contributed by atoms with van der Waals surface area (Å²) in [6.45, 7) is 2.69. The lowest BCUT2D eigenvalue weighted by Crippen LogP contribution is -2.37. The molecule has 108 valence electrons. The van der Waals surface area contributed by atoms with Gasteiger partial charge in [-0.2, -0.15) is 0 Å². The van der Waals surface area contributed by atoms with Crippen LogP contribution in [0, 0.1) is 6.92 Å². The maximum Gasteiger partial charge on any atom is 0.408 e. The minimum absolute atomic E-state index is 0.221. The fourth-order valence-electron chi connectivity index (χ4n) is 2.07. The van der Waals surface area contributed by atoms with E-state index in [0.717, 1.165) is 16.9 Å². The van der Waals surface area contributed by atoms with Crippen molar-refractivity contribution in [2.45, 2.75) is 19.4 Å². The SMILES string of the molecule is COc1ccc(C)cc1CCNC(=O)[C@@H]1CNC(=O)O1. The Morgan fingerprint density at radius 3 is 3.00 bits per heavy atom. The first-order chi connectivity index (χ1) is 9.60. The summed E-state index contributed by atoms with van der Waals surface area (Å²) in [6, 6.07) is 5.92. The van der Waals surface area contributed by atoms with Crippen LogP contribution in [0.4, 0.5) is 4.79 Å². The van der Waals surface area contributed by atoms with Gasteiger partial charge in [-0.1, -0.05) is 17.7 Å². The molecule has 0 aliphatic carbocycles. The van der Waals surface area contributed by atoms with E-state index in [4.69, 9.17) is 9.47 Å². The Bertz CT molecular complexity index is 516. The summed E-state index contributed by atoms with van der Waals surface area (Å²) in [7, 11) is 1.62. The van der Waals surface area contributed by atoms with E-state index in [0.29, 0.717) is 13.0 Å². The van der Waals surface area contributed by atoms with Gasteiger partial charge in [0.15, 0.2) is 6.10 Å². The summed E-state index contributed by atoms with van der Waals surface area (Å²) in [5, 5.41) is 5.20. The first kappa shape index (κ1) is 14.2. The predicted molar refractivity (Wildman–Crippen MR) is 72.7 cm³/mol. The zero-order valence-electron chi connectivity index (χ0n) is 11.6. The third-order valence-corrected chi connectivity index (χ3v) is 3.10. The van der Waals surface area contributed by atoms with Gasteiger partial charge >= 0.3 is 6.09 Å². The number of hydrogen-bond acceptors (Lipinski definition) is 4. The molecular formula is C14H18N2O4. The van der Waals surface area contributed by atoms with E-state index in [1.54, 1.807) is 7.11 Å². The molecule has 1 aromatic rings. The molecule has 1 saturated heterocycles. The second kappa shape index (κ2) is 6.27. The van der Waals surface area contributed by atoms with Gasteiger partial charge in [0.2, 0.25) is 0 Å². The van der Waals surface area contributed by atoms with Gasteiger partial charge in [-0.25, -0.2) is 4.79 Å². The van der Waals surface area contributed by atoms with Gasteiger partial charge in [0.05, 0.1) is 13.7 Å².